The van der Waals surface area contributed by atoms with Crippen LogP contribution in [0.25, 0.3) is 0 Å². The van der Waals surface area contributed by atoms with E-state index in [2.05, 4.69) is 19.1 Å². The van der Waals surface area contributed by atoms with Crippen molar-refractivity contribution in [3.63, 3.8) is 0 Å². The Labute approximate surface area is 178 Å². The molecule has 29 heavy (non-hydrogen) atoms. The van der Waals surface area contributed by atoms with Crippen molar-refractivity contribution in [1.82, 2.24) is 0 Å². The van der Waals surface area contributed by atoms with Crippen LogP contribution in [-0.4, -0.2) is 59.6 Å². The van der Waals surface area contributed by atoms with Gasteiger partial charge in [-0.3, -0.25) is 0 Å². The molecule has 1 rings (SSSR count). The number of unbranched alkanes of at least 4 members (excludes halogenated alkanes) is 12. The molecule has 0 radical (unpaired) electrons. The quantitative estimate of drug-likeness (QED) is 0.227. The van der Waals surface area contributed by atoms with Gasteiger partial charge >= 0.3 is 0 Å². The summed E-state index contributed by atoms with van der Waals surface area (Å²) in [5, 5.41) is 29.1. The minimum atomic E-state index is -0.975. The number of ether oxygens (including phenoxy) is 2. The van der Waals surface area contributed by atoms with Gasteiger partial charge in [0.05, 0.1) is 13.2 Å². The summed E-state index contributed by atoms with van der Waals surface area (Å²) in [7, 11) is 0. The Morgan fingerprint density at radius 2 is 1.38 bits per heavy atom. The largest absolute Gasteiger partial charge is 0.394 e. The molecule has 1 fully saturated rings. The number of hydrogen-bond acceptors (Lipinski definition) is 5. The molecule has 172 valence electrons. The monoisotopic (exact) mass is 414 g/mol. The molecule has 1 saturated heterocycles. The maximum Gasteiger partial charge on any atom is 0.114 e. The first-order valence-electron chi connectivity index (χ1n) is 12.1. The molecule has 0 aromatic heterocycles. The third kappa shape index (κ3) is 12.7. The van der Waals surface area contributed by atoms with E-state index in [0.29, 0.717) is 6.61 Å². The molecule has 5 nitrogen and oxygen atoms in total. The lowest BCUT2D eigenvalue weighted by Gasteiger charge is -2.37. The fraction of sp³-hybridized carbons (Fsp3) is 0.917. The van der Waals surface area contributed by atoms with Crippen molar-refractivity contribution in [2.24, 2.45) is 0 Å². The van der Waals surface area contributed by atoms with Gasteiger partial charge in [-0.25, -0.2) is 0 Å². The molecule has 4 atom stereocenters. The standard InChI is InChI=1S/C24H46O5/c1-2-3-4-5-6-7-8-9-10-11-12-13-14-15-16-17-18-28-24-21(26)20-29-22(19-25)23(24)27/h10-11,21-27H,2-9,12-20H2,1H3/b11-10+/t21-,22+,23+,24+/m1/s1. The lowest BCUT2D eigenvalue weighted by atomic mass is 10.0. The maximum absolute atomic E-state index is 10.1. The topological polar surface area (TPSA) is 79.2 Å². The third-order valence-electron chi connectivity index (χ3n) is 5.72. The molecule has 1 aliphatic rings. The van der Waals surface area contributed by atoms with Crippen molar-refractivity contribution < 1.29 is 24.8 Å². The summed E-state index contributed by atoms with van der Waals surface area (Å²) in [4.78, 5) is 0. The molecule has 5 heteroatoms. The van der Waals surface area contributed by atoms with E-state index in [1.165, 1.54) is 77.0 Å². The zero-order valence-corrected chi connectivity index (χ0v) is 18.6. The zero-order chi connectivity index (χ0) is 21.2. The summed E-state index contributed by atoms with van der Waals surface area (Å²) in [6, 6.07) is 0. The van der Waals surface area contributed by atoms with Crippen LogP contribution in [0.15, 0.2) is 12.2 Å². The second-order valence-electron chi connectivity index (χ2n) is 8.39. The van der Waals surface area contributed by atoms with E-state index in [1.54, 1.807) is 0 Å². The van der Waals surface area contributed by atoms with E-state index in [-0.39, 0.29) is 13.2 Å². The minimum absolute atomic E-state index is 0.0967. The molecule has 0 aliphatic carbocycles. The molecule has 1 aliphatic heterocycles. The summed E-state index contributed by atoms with van der Waals surface area (Å²) in [5.74, 6) is 0. The van der Waals surface area contributed by atoms with Crippen LogP contribution in [0.2, 0.25) is 0 Å². The van der Waals surface area contributed by atoms with Gasteiger partial charge in [0.1, 0.15) is 24.4 Å². The van der Waals surface area contributed by atoms with Crippen molar-refractivity contribution in [2.45, 2.75) is 121 Å². The molecular formula is C24H46O5. The Hall–Kier alpha value is -0.460. The highest BCUT2D eigenvalue weighted by Gasteiger charge is 2.38. The molecule has 0 saturated carbocycles. The Morgan fingerprint density at radius 3 is 1.97 bits per heavy atom. The van der Waals surface area contributed by atoms with Crippen molar-refractivity contribution >= 4 is 0 Å². The molecular weight excluding hydrogens is 368 g/mol. The number of aliphatic hydroxyl groups is 3. The van der Waals surface area contributed by atoms with Gasteiger partial charge in [0, 0.05) is 6.61 Å². The molecule has 3 N–H and O–H groups in total. The summed E-state index contributed by atoms with van der Waals surface area (Å²) >= 11 is 0. The van der Waals surface area contributed by atoms with Gasteiger partial charge < -0.3 is 24.8 Å². The predicted molar refractivity (Wildman–Crippen MR) is 118 cm³/mol. The second kappa shape index (κ2) is 18.3. The van der Waals surface area contributed by atoms with Gasteiger partial charge in [-0.1, -0.05) is 76.9 Å². The van der Waals surface area contributed by atoms with Crippen LogP contribution in [0, 0.1) is 0 Å². The van der Waals surface area contributed by atoms with Gasteiger partial charge in [0.25, 0.3) is 0 Å². The van der Waals surface area contributed by atoms with E-state index in [9.17, 15) is 10.2 Å². The fourth-order valence-corrected chi connectivity index (χ4v) is 3.79. The number of allylic oxidation sites excluding steroid dienone is 2. The summed E-state index contributed by atoms with van der Waals surface area (Å²) in [6.07, 6.45) is 19.3. The van der Waals surface area contributed by atoms with E-state index in [1.807, 2.05) is 0 Å². The summed E-state index contributed by atoms with van der Waals surface area (Å²) in [5.41, 5.74) is 0. The van der Waals surface area contributed by atoms with Gasteiger partial charge in [0.2, 0.25) is 0 Å². The maximum atomic E-state index is 10.1. The Kier molecular flexibility index (Phi) is 16.8. The SMILES string of the molecule is CCCCCCCCC/C=C/CCCCCCCO[C@@H]1[C@@H](O)[C@H](CO)OC[C@H]1O. The normalized spacial score (nSPS) is 25.1. The van der Waals surface area contributed by atoms with Crippen LogP contribution in [0.5, 0.6) is 0 Å². The predicted octanol–water partition coefficient (Wildman–Crippen LogP) is 4.52. The highest BCUT2D eigenvalue weighted by Crippen LogP contribution is 2.19. The molecule has 0 spiro atoms. The number of aliphatic hydroxyl groups excluding tert-OH is 3. The average molecular weight is 415 g/mol. The molecule has 0 amide bonds. The lowest BCUT2D eigenvalue weighted by Crippen LogP contribution is -2.55. The van der Waals surface area contributed by atoms with Crippen LogP contribution in [0.3, 0.4) is 0 Å². The number of rotatable bonds is 18. The van der Waals surface area contributed by atoms with Crippen LogP contribution >= 0.6 is 0 Å². The van der Waals surface area contributed by atoms with Crippen LogP contribution in [0.1, 0.15) is 96.8 Å². The highest BCUT2D eigenvalue weighted by molar-refractivity contribution is 4.87. The van der Waals surface area contributed by atoms with Crippen molar-refractivity contribution in [3.8, 4) is 0 Å². The minimum Gasteiger partial charge on any atom is -0.394 e. The van der Waals surface area contributed by atoms with Crippen LogP contribution < -0.4 is 0 Å². The van der Waals surface area contributed by atoms with E-state index in [0.717, 1.165) is 12.8 Å². The third-order valence-corrected chi connectivity index (χ3v) is 5.72. The van der Waals surface area contributed by atoms with E-state index < -0.39 is 24.4 Å². The average Bonchev–Trinajstić information content (AvgIpc) is 2.72. The molecule has 1 heterocycles. The second-order valence-corrected chi connectivity index (χ2v) is 8.39. The Morgan fingerprint density at radius 1 is 0.828 bits per heavy atom. The summed E-state index contributed by atoms with van der Waals surface area (Å²) < 4.78 is 10.8. The van der Waals surface area contributed by atoms with E-state index in [4.69, 9.17) is 14.6 Å². The van der Waals surface area contributed by atoms with Gasteiger partial charge in [-0.2, -0.15) is 0 Å². The fourth-order valence-electron chi connectivity index (χ4n) is 3.79. The van der Waals surface area contributed by atoms with Crippen molar-refractivity contribution in [3.05, 3.63) is 12.2 Å². The first-order valence-corrected chi connectivity index (χ1v) is 12.1. The molecule has 0 unspecified atom stereocenters. The number of hydrogen-bond donors (Lipinski definition) is 3. The highest BCUT2D eigenvalue weighted by atomic mass is 16.6. The van der Waals surface area contributed by atoms with E-state index >= 15 is 0 Å². The van der Waals surface area contributed by atoms with Crippen molar-refractivity contribution in [2.75, 3.05) is 19.8 Å². The van der Waals surface area contributed by atoms with Gasteiger partial charge in [-0.05, 0) is 32.1 Å². The molecule has 0 aromatic rings. The van der Waals surface area contributed by atoms with Gasteiger partial charge in [-0.15, -0.1) is 0 Å². The smallest absolute Gasteiger partial charge is 0.114 e. The first-order chi connectivity index (χ1) is 14.2. The zero-order valence-electron chi connectivity index (χ0n) is 18.6. The molecule has 0 aromatic carbocycles. The van der Waals surface area contributed by atoms with Crippen molar-refractivity contribution in [1.29, 1.82) is 0 Å². The van der Waals surface area contributed by atoms with Gasteiger partial charge in [0.15, 0.2) is 0 Å². The Balaban J connectivity index is 1.87. The molecule has 0 bridgehead atoms. The van der Waals surface area contributed by atoms with Crippen LogP contribution in [-0.2, 0) is 9.47 Å². The first kappa shape index (κ1) is 26.6. The summed E-state index contributed by atoms with van der Waals surface area (Å²) in [6.45, 7) is 2.62. The lowest BCUT2D eigenvalue weighted by molar-refractivity contribution is -0.210. The Bertz CT molecular complexity index is 387. The van der Waals surface area contributed by atoms with Crippen LogP contribution in [0.4, 0.5) is 0 Å².